The van der Waals surface area contributed by atoms with Crippen LogP contribution in [0.15, 0.2) is 22.7 Å². The zero-order valence-corrected chi connectivity index (χ0v) is 15.2. The van der Waals surface area contributed by atoms with Gasteiger partial charge in [-0.15, -0.1) is 0 Å². The summed E-state index contributed by atoms with van der Waals surface area (Å²) in [5.41, 5.74) is 1.81. The normalized spacial score (nSPS) is 20.1. The molecule has 1 aromatic carbocycles. The van der Waals surface area contributed by atoms with Crippen molar-refractivity contribution in [2.75, 3.05) is 11.4 Å². The van der Waals surface area contributed by atoms with Crippen LogP contribution in [0.4, 0.5) is 5.69 Å². The van der Waals surface area contributed by atoms with E-state index in [-0.39, 0.29) is 24.3 Å². The SMILES string of the molecule is CC(C)(C)c1ccc(N2CC(S(=O)(=O)Cl)CC2=O)c(Br)c1. The van der Waals surface area contributed by atoms with Gasteiger partial charge in [0.05, 0.1) is 5.69 Å². The van der Waals surface area contributed by atoms with Gasteiger partial charge in [-0.1, -0.05) is 26.8 Å². The van der Waals surface area contributed by atoms with Gasteiger partial charge < -0.3 is 4.90 Å². The Labute approximate surface area is 138 Å². The van der Waals surface area contributed by atoms with E-state index < -0.39 is 14.3 Å². The van der Waals surface area contributed by atoms with Crippen molar-refractivity contribution in [3.8, 4) is 0 Å². The Balaban J connectivity index is 2.34. The number of halogens is 2. The zero-order chi connectivity index (χ0) is 16.0. The molecule has 1 unspecified atom stereocenters. The minimum absolute atomic E-state index is 0.00190. The molecule has 7 heteroatoms. The van der Waals surface area contributed by atoms with Crippen LogP contribution in [-0.2, 0) is 19.3 Å². The third-order valence-corrected chi connectivity index (χ3v) is 6.10. The minimum atomic E-state index is -3.73. The van der Waals surface area contributed by atoms with E-state index in [0.717, 1.165) is 10.0 Å². The van der Waals surface area contributed by atoms with Gasteiger partial charge in [0, 0.05) is 28.1 Å². The standard InChI is InChI=1S/C14H17BrClNO3S/c1-14(2,3)9-4-5-12(11(15)6-9)17-8-10(7-13(17)18)21(16,19)20/h4-6,10H,7-8H2,1-3H3. The van der Waals surface area contributed by atoms with Gasteiger partial charge in [-0.3, -0.25) is 4.79 Å². The lowest BCUT2D eigenvalue weighted by Gasteiger charge is -2.23. The van der Waals surface area contributed by atoms with Gasteiger partial charge in [0.15, 0.2) is 0 Å². The van der Waals surface area contributed by atoms with Crippen LogP contribution in [0, 0.1) is 0 Å². The second kappa shape index (κ2) is 5.56. The molecule has 0 N–H and O–H groups in total. The Kier molecular flexibility index (Phi) is 4.44. The predicted molar refractivity (Wildman–Crippen MR) is 88.4 cm³/mol. The van der Waals surface area contributed by atoms with E-state index in [9.17, 15) is 13.2 Å². The molecule has 1 heterocycles. The van der Waals surface area contributed by atoms with Crippen molar-refractivity contribution in [3.63, 3.8) is 0 Å². The monoisotopic (exact) mass is 393 g/mol. The lowest BCUT2D eigenvalue weighted by Crippen LogP contribution is -2.27. The number of hydrogen-bond acceptors (Lipinski definition) is 3. The van der Waals surface area contributed by atoms with Gasteiger partial charge in [0.2, 0.25) is 15.0 Å². The quantitative estimate of drug-likeness (QED) is 0.722. The summed E-state index contributed by atoms with van der Waals surface area (Å²) in [7, 11) is 1.64. The van der Waals surface area contributed by atoms with E-state index in [4.69, 9.17) is 10.7 Å². The summed E-state index contributed by atoms with van der Waals surface area (Å²) in [4.78, 5) is 13.5. The highest BCUT2D eigenvalue weighted by molar-refractivity contribution is 9.10. The molecule has 1 amide bonds. The maximum absolute atomic E-state index is 12.0. The molecule has 1 aromatic rings. The summed E-state index contributed by atoms with van der Waals surface area (Å²) in [5, 5.41) is -0.846. The van der Waals surface area contributed by atoms with E-state index in [1.807, 2.05) is 18.2 Å². The highest BCUT2D eigenvalue weighted by Crippen LogP contribution is 2.35. The molecule has 1 fully saturated rings. The summed E-state index contributed by atoms with van der Waals surface area (Å²) < 4.78 is 23.6. The summed E-state index contributed by atoms with van der Waals surface area (Å²) in [6, 6.07) is 5.76. The molecule has 0 aromatic heterocycles. The van der Waals surface area contributed by atoms with Crippen LogP contribution >= 0.6 is 26.6 Å². The number of anilines is 1. The first-order valence-corrected chi connectivity index (χ1v) is 9.70. The van der Waals surface area contributed by atoms with Crippen molar-refractivity contribution in [1.82, 2.24) is 0 Å². The van der Waals surface area contributed by atoms with Gasteiger partial charge in [0.25, 0.3) is 0 Å². The fraction of sp³-hybridized carbons (Fsp3) is 0.500. The Bertz CT molecular complexity index is 682. The zero-order valence-electron chi connectivity index (χ0n) is 12.1. The molecule has 0 saturated carbocycles. The first kappa shape index (κ1) is 16.8. The van der Waals surface area contributed by atoms with Gasteiger partial charge in [-0.05, 0) is 39.0 Å². The maximum Gasteiger partial charge on any atom is 0.237 e. The van der Waals surface area contributed by atoms with Crippen molar-refractivity contribution >= 4 is 47.3 Å². The first-order chi connectivity index (χ1) is 9.50. The largest absolute Gasteiger partial charge is 0.310 e. The topological polar surface area (TPSA) is 54.5 Å². The molecule has 1 aliphatic rings. The van der Waals surface area contributed by atoms with Gasteiger partial charge in [0.1, 0.15) is 5.25 Å². The summed E-state index contributed by atoms with van der Waals surface area (Å²) in [5.74, 6) is -0.228. The molecule has 0 radical (unpaired) electrons. The molecule has 4 nitrogen and oxygen atoms in total. The molecule has 2 rings (SSSR count). The molecule has 0 aliphatic carbocycles. The second-order valence-corrected chi connectivity index (χ2v) is 9.98. The number of rotatable bonds is 2. The fourth-order valence-corrected chi connectivity index (χ4v) is 3.91. The molecular formula is C14H17BrClNO3S. The predicted octanol–water partition coefficient (Wildman–Crippen LogP) is 3.42. The van der Waals surface area contributed by atoms with Crippen LogP contribution in [0.1, 0.15) is 32.8 Å². The summed E-state index contributed by atoms with van der Waals surface area (Å²) in [6.07, 6.45) is -0.0701. The third kappa shape index (κ3) is 3.60. The first-order valence-electron chi connectivity index (χ1n) is 6.54. The summed E-state index contributed by atoms with van der Waals surface area (Å²) in [6.45, 7) is 6.40. The number of carbonyl (C=O) groups excluding carboxylic acids is 1. The van der Waals surface area contributed by atoms with Crippen molar-refractivity contribution in [3.05, 3.63) is 28.2 Å². The average molecular weight is 395 g/mol. The van der Waals surface area contributed by atoms with Crippen LogP contribution in [-0.4, -0.2) is 26.1 Å². The molecule has 0 spiro atoms. The Hall–Kier alpha value is -0.590. The highest BCUT2D eigenvalue weighted by Gasteiger charge is 2.38. The number of hydrogen-bond donors (Lipinski definition) is 0. The van der Waals surface area contributed by atoms with Crippen molar-refractivity contribution in [1.29, 1.82) is 0 Å². The lowest BCUT2D eigenvalue weighted by molar-refractivity contribution is -0.117. The van der Waals surface area contributed by atoms with Gasteiger partial charge >= 0.3 is 0 Å². The summed E-state index contributed by atoms with van der Waals surface area (Å²) >= 11 is 3.47. The van der Waals surface area contributed by atoms with Crippen LogP contribution in [0.2, 0.25) is 0 Å². The van der Waals surface area contributed by atoms with Crippen LogP contribution in [0.25, 0.3) is 0 Å². The Morgan fingerprint density at radius 1 is 1.33 bits per heavy atom. The molecule has 1 aliphatic heterocycles. The molecular weight excluding hydrogens is 378 g/mol. The van der Waals surface area contributed by atoms with Gasteiger partial charge in [-0.2, -0.15) is 0 Å². The Morgan fingerprint density at radius 3 is 2.38 bits per heavy atom. The van der Waals surface area contributed by atoms with E-state index in [1.54, 1.807) is 0 Å². The molecule has 21 heavy (non-hydrogen) atoms. The number of nitrogens with zero attached hydrogens (tertiary/aromatic N) is 1. The lowest BCUT2D eigenvalue weighted by atomic mass is 9.87. The molecule has 0 bridgehead atoms. The second-order valence-electron chi connectivity index (χ2n) is 6.22. The van der Waals surface area contributed by atoms with E-state index in [1.165, 1.54) is 4.90 Å². The van der Waals surface area contributed by atoms with Crippen molar-refractivity contribution in [2.45, 2.75) is 37.9 Å². The fourth-order valence-electron chi connectivity index (χ4n) is 2.29. The average Bonchev–Trinajstić information content (AvgIpc) is 2.70. The minimum Gasteiger partial charge on any atom is -0.310 e. The molecule has 116 valence electrons. The maximum atomic E-state index is 12.0. The van der Waals surface area contributed by atoms with E-state index >= 15 is 0 Å². The van der Waals surface area contributed by atoms with Crippen LogP contribution < -0.4 is 4.90 Å². The van der Waals surface area contributed by atoms with Gasteiger partial charge in [-0.25, -0.2) is 8.42 Å². The van der Waals surface area contributed by atoms with E-state index in [0.29, 0.717) is 5.69 Å². The number of benzene rings is 1. The van der Waals surface area contributed by atoms with Crippen LogP contribution in [0.3, 0.4) is 0 Å². The number of carbonyl (C=O) groups is 1. The van der Waals surface area contributed by atoms with Crippen LogP contribution in [0.5, 0.6) is 0 Å². The van der Waals surface area contributed by atoms with E-state index in [2.05, 4.69) is 36.7 Å². The van der Waals surface area contributed by atoms with Crippen molar-refractivity contribution < 1.29 is 13.2 Å². The molecule has 1 atom stereocenters. The van der Waals surface area contributed by atoms with Crippen molar-refractivity contribution in [2.24, 2.45) is 0 Å². The highest BCUT2D eigenvalue weighted by atomic mass is 79.9. The number of amides is 1. The third-order valence-electron chi connectivity index (χ3n) is 3.59. The molecule has 1 saturated heterocycles. The Morgan fingerprint density at radius 2 is 1.95 bits per heavy atom. The smallest absolute Gasteiger partial charge is 0.237 e.